The van der Waals surface area contributed by atoms with E-state index in [1.807, 2.05) is 0 Å². The van der Waals surface area contributed by atoms with Crippen LogP contribution in [-0.2, 0) is 4.74 Å². The maximum absolute atomic E-state index is 11.8. The summed E-state index contributed by atoms with van der Waals surface area (Å²) in [6.07, 6.45) is 13.7. The molecule has 0 radical (unpaired) electrons. The smallest absolute Gasteiger partial charge is 0.338 e. The van der Waals surface area contributed by atoms with Crippen molar-refractivity contribution in [3.05, 3.63) is 29.8 Å². The molecular formula is C24H41NO3. The Labute approximate surface area is 172 Å². The molecule has 0 aliphatic heterocycles. The van der Waals surface area contributed by atoms with Crippen LogP contribution in [0.2, 0.25) is 0 Å². The summed E-state index contributed by atoms with van der Waals surface area (Å²) in [6.45, 7) is 8.80. The number of carbonyl (C=O) groups is 1. The summed E-state index contributed by atoms with van der Waals surface area (Å²) >= 11 is 0. The standard InChI is InChI=1S/C24H41NO3/c1-3-5-18-25(19-6-4-2)20-12-10-8-7-9-11-13-21-28-24(27)22-14-16-23(26)17-15-22/h14-17,26H,3-13,18-21H2,1-2H3. The van der Waals surface area contributed by atoms with Crippen molar-refractivity contribution in [3.63, 3.8) is 0 Å². The number of hydrogen-bond acceptors (Lipinski definition) is 4. The minimum absolute atomic E-state index is 0.158. The van der Waals surface area contributed by atoms with Crippen molar-refractivity contribution in [1.29, 1.82) is 0 Å². The van der Waals surface area contributed by atoms with Crippen LogP contribution in [0, 0.1) is 0 Å². The van der Waals surface area contributed by atoms with Gasteiger partial charge in [-0.25, -0.2) is 4.79 Å². The van der Waals surface area contributed by atoms with Crippen LogP contribution in [0.25, 0.3) is 0 Å². The molecule has 1 rings (SSSR count). The van der Waals surface area contributed by atoms with E-state index in [2.05, 4.69) is 18.7 Å². The Kier molecular flexibility index (Phi) is 14.4. The van der Waals surface area contributed by atoms with Gasteiger partial charge in [-0.05, 0) is 69.6 Å². The first kappa shape index (κ1) is 24.5. The molecule has 0 atom stereocenters. The Balaban J connectivity index is 1.96. The average Bonchev–Trinajstić information content (AvgIpc) is 2.71. The number of esters is 1. The number of phenols is 1. The van der Waals surface area contributed by atoms with Crippen molar-refractivity contribution < 1.29 is 14.6 Å². The van der Waals surface area contributed by atoms with E-state index >= 15 is 0 Å². The van der Waals surface area contributed by atoms with Crippen LogP contribution in [0.3, 0.4) is 0 Å². The summed E-state index contributed by atoms with van der Waals surface area (Å²) in [5.41, 5.74) is 0.490. The second-order valence-corrected chi connectivity index (χ2v) is 7.71. The number of hydrogen-bond donors (Lipinski definition) is 1. The third-order valence-corrected chi connectivity index (χ3v) is 5.11. The summed E-state index contributed by atoms with van der Waals surface area (Å²) in [7, 11) is 0. The Bertz CT molecular complexity index is 493. The molecule has 4 nitrogen and oxygen atoms in total. The molecule has 0 unspecified atom stereocenters. The summed E-state index contributed by atoms with van der Waals surface area (Å²) in [5.74, 6) is -0.151. The monoisotopic (exact) mass is 391 g/mol. The van der Waals surface area contributed by atoms with E-state index < -0.39 is 0 Å². The molecule has 0 heterocycles. The van der Waals surface area contributed by atoms with Crippen molar-refractivity contribution in [2.24, 2.45) is 0 Å². The highest BCUT2D eigenvalue weighted by Crippen LogP contribution is 2.12. The summed E-state index contributed by atoms with van der Waals surface area (Å²) in [5, 5.41) is 9.23. The Morgan fingerprint density at radius 3 is 1.86 bits per heavy atom. The normalized spacial score (nSPS) is 11.1. The molecule has 0 bridgehead atoms. The molecule has 0 amide bonds. The molecule has 28 heavy (non-hydrogen) atoms. The fourth-order valence-corrected chi connectivity index (χ4v) is 3.27. The van der Waals surface area contributed by atoms with Gasteiger partial charge < -0.3 is 14.7 Å². The average molecular weight is 392 g/mol. The fourth-order valence-electron chi connectivity index (χ4n) is 3.27. The number of unbranched alkanes of at least 4 members (excludes halogenated alkanes) is 8. The minimum atomic E-state index is -0.310. The third-order valence-electron chi connectivity index (χ3n) is 5.11. The van der Waals surface area contributed by atoms with Crippen molar-refractivity contribution >= 4 is 5.97 Å². The van der Waals surface area contributed by atoms with E-state index in [1.165, 1.54) is 89.6 Å². The van der Waals surface area contributed by atoms with Gasteiger partial charge in [0.1, 0.15) is 5.75 Å². The summed E-state index contributed by atoms with van der Waals surface area (Å²) in [6, 6.07) is 6.18. The van der Waals surface area contributed by atoms with Gasteiger partial charge in [0, 0.05) is 0 Å². The molecule has 1 N–H and O–H groups in total. The van der Waals surface area contributed by atoms with Gasteiger partial charge in [-0.1, -0.05) is 58.8 Å². The summed E-state index contributed by atoms with van der Waals surface area (Å²) < 4.78 is 5.28. The van der Waals surface area contributed by atoms with E-state index in [0.717, 1.165) is 12.8 Å². The molecule has 0 aliphatic rings. The quantitative estimate of drug-likeness (QED) is 0.254. The molecule has 0 aromatic heterocycles. The van der Waals surface area contributed by atoms with Crippen molar-refractivity contribution in [1.82, 2.24) is 4.90 Å². The SMILES string of the molecule is CCCCN(CCCC)CCCCCCCCCOC(=O)c1ccc(O)cc1. The van der Waals surface area contributed by atoms with Crippen molar-refractivity contribution in [2.45, 2.75) is 84.5 Å². The zero-order valence-corrected chi connectivity index (χ0v) is 18.1. The zero-order chi connectivity index (χ0) is 20.5. The van der Waals surface area contributed by atoms with Crippen LogP contribution in [0.5, 0.6) is 5.75 Å². The lowest BCUT2D eigenvalue weighted by atomic mass is 10.1. The van der Waals surface area contributed by atoms with Crippen LogP contribution in [0.1, 0.15) is 94.8 Å². The summed E-state index contributed by atoms with van der Waals surface area (Å²) in [4.78, 5) is 14.5. The number of rotatable bonds is 17. The second-order valence-electron chi connectivity index (χ2n) is 7.71. The van der Waals surface area contributed by atoms with Gasteiger partial charge >= 0.3 is 5.97 Å². The molecular weight excluding hydrogens is 350 g/mol. The second kappa shape index (κ2) is 16.4. The third kappa shape index (κ3) is 12.0. The van der Waals surface area contributed by atoms with Gasteiger partial charge in [0.25, 0.3) is 0 Å². The first-order valence-corrected chi connectivity index (χ1v) is 11.4. The first-order chi connectivity index (χ1) is 13.7. The van der Waals surface area contributed by atoms with Crippen LogP contribution in [0.4, 0.5) is 0 Å². The Morgan fingerprint density at radius 1 is 0.786 bits per heavy atom. The van der Waals surface area contributed by atoms with Gasteiger partial charge in [0.05, 0.1) is 12.2 Å². The number of benzene rings is 1. The Hall–Kier alpha value is -1.55. The topological polar surface area (TPSA) is 49.8 Å². The van der Waals surface area contributed by atoms with E-state index in [0.29, 0.717) is 12.2 Å². The lowest BCUT2D eigenvalue weighted by Gasteiger charge is -2.21. The maximum Gasteiger partial charge on any atom is 0.338 e. The largest absolute Gasteiger partial charge is 0.508 e. The van der Waals surface area contributed by atoms with Gasteiger partial charge in [-0.15, -0.1) is 0 Å². The number of phenolic OH excluding ortho intramolecular Hbond substituents is 1. The number of carbonyl (C=O) groups excluding carboxylic acids is 1. The maximum atomic E-state index is 11.8. The highest BCUT2D eigenvalue weighted by Gasteiger charge is 2.06. The van der Waals surface area contributed by atoms with E-state index in [4.69, 9.17) is 4.74 Å². The van der Waals surface area contributed by atoms with Crippen LogP contribution < -0.4 is 0 Å². The minimum Gasteiger partial charge on any atom is -0.508 e. The zero-order valence-electron chi connectivity index (χ0n) is 18.1. The van der Waals surface area contributed by atoms with Gasteiger partial charge in [-0.3, -0.25) is 0 Å². The van der Waals surface area contributed by atoms with Crippen LogP contribution >= 0.6 is 0 Å². The molecule has 4 heteroatoms. The lowest BCUT2D eigenvalue weighted by molar-refractivity contribution is 0.0497. The van der Waals surface area contributed by atoms with Crippen molar-refractivity contribution in [2.75, 3.05) is 26.2 Å². The molecule has 0 saturated carbocycles. The van der Waals surface area contributed by atoms with E-state index in [-0.39, 0.29) is 11.7 Å². The number of ether oxygens (including phenoxy) is 1. The van der Waals surface area contributed by atoms with Gasteiger partial charge in [0.15, 0.2) is 0 Å². The molecule has 160 valence electrons. The Morgan fingerprint density at radius 2 is 1.29 bits per heavy atom. The first-order valence-electron chi connectivity index (χ1n) is 11.4. The van der Waals surface area contributed by atoms with Gasteiger partial charge in [0.2, 0.25) is 0 Å². The molecule has 1 aromatic rings. The highest BCUT2D eigenvalue weighted by molar-refractivity contribution is 5.89. The lowest BCUT2D eigenvalue weighted by Crippen LogP contribution is -2.27. The molecule has 0 saturated heterocycles. The van der Waals surface area contributed by atoms with Gasteiger partial charge in [-0.2, -0.15) is 0 Å². The predicted molar refractivity (Wildman–Crippen MR) is 117 cm³/mol. The van der Waals surface area contributed by atoms with Crippen molar-refractivity contribution in [3.8, 4) is 5.75 Å². The van der Waals surface area contributed by atoms with Crippen LogP contribution in [-0.4, -0.2) is 42.2 Å². The molecule has 0 fully saturated rings. The molecule has 0 aliphatic carbocycles. The fraction of sp³-hybridized carbons (Fsp3) is 0.708. The molecule has 0 spiro atoms. The number of aromatic hydroxyl groups is 1. The highest BCUT2D eigenvalue weighted by atomic mass is 16.5. The molecule has 1 aromatic carbocycles. The number of nitrogens with zero attached hydrogens (tertiary/aromatic N) is 1. The van der Waals surface area contributed by atoms with E-state index in [9.17, 15) is 9.90 Å². The van der Waals surface area contributed by atoms with Crippen LogP contribution in [0.15, 0.2) is 24.3 Å². The van der Waals surface area contributed by atoms with E-state index in [1.54, 1.807) is 12.1 Å². The predicted octanol–water partition coefficient (Wildman–Crippen LogP) is 6.18.